The van der Waals surface area contributed by atoms with Gasteiger partial charge in [-0.15, -0.1) is 0 Å². The minimum Gasteiger partial charge on any atom is -0.487 e. The van der Waals surface area contributed by atoms with Crippen molar-refractivity contribution < 1.29 is 14.9 Å². The lowest BCUT2D eigenvalue weighted by Gasteiger charge is -2.23. The summed E-state index contributed by atoms with van der Waals surface area (Å²) in [5.74, 6) is 0.695. The summed E-state index contributed by atoms with van der Waals surface area (Å²) in [6, 6.07) is 7.46. The van der Waals surface area contributed by atoms with Gasteiger partial charge in [-0.25, -0.2) is 0 Å². The van der Waals surface area contributed by atoms with Crippen LogP contribution in [0.1, 0.15) is 37.7 Å². The van der Waals surface area contributed by atoms with Crippen molar-refractivity contribution in [3.05, 3.63) is 29.8 Å². The molecule has 3 nitrogen and oxygen atoms in total. The Balaban J connectivity index is 2.07. The zero-order valence-electron chi connectivity index (χ0n) is 10.0. The maximum absolute atomic E-state index is 9.99. The number of aliphatic hydroxyl groups excluding tert-OH is 2. The van der Waals surface area contributed by atoms with Gasteiger partial charge in [-0.05, 0) is 25.3 Å². The quantitative estimate of drug-likeness (QED) is 0.791. The molecular formula is C14H20O3. The minimum atomic E-state index is -0.385. The van der Waals surface area contributed by atoms with E-state index < -0.39 is 0 Å². The van der Waals surface area contributed by atoms with E-state index in [2.05, 4.69) is 0 Å². The van der Waals surface area contributed by atoms with Crippen LogP contribution in [0, 0.1) is 0 Å². The van der Waals surface area contributed by atoms with Crippen LogP contribution in [0.3, 0.4) is 0 Å². The standard InChI is InChI=1S/C14H20O3/c15-10-11-6-4-5-8-13(11)17-14-9-3-1-2-7-12(14)16/h4-6,8,12,14-16H,1-3,7,9-10H2. The largest absolute Gasteiger partial charge is 0.487 e. The molecular weight excluding hydrogens is 216 g/mol. The summed E-state index contributed by atoms with van der Waals surface area (Å²) >= 11 is 0. The third kappa shape index (κ3) is 3.20. The highest BCUT2D eigenvalue weighted by Gasteiger charge is 2.23. The Morgan fingerprint density at radius 2 is 1.88 bits per heavy atom. The molecule has 1 aromatic rings. The number of para-hydroxylation sites is 1. The summed E-state index contributed by atoms with van der Waals surface area (Å²) in [4.78, 5) is 0. The van der Waals surface area contributed by atoms with E-state index in [1.54, 1.807) is 0 Å². The summed E-state index contributed by atoms with van der Waals surface area (Å²) in [7, 11) is 0. The van der Waals surface area contributed by atoms with E-state index in [1.807, 2.05) is 24.3 Å². The van der Waals surface area contributed by atoms with Gasteiger partial charge < -0.3 is 14.9 Å². The highest BCUT2D eigenvalue weighted by Crippen LogP contribution is 2.25. The van der Waals surface area contributed by atoms with Crippen LogP contribution in [-0.2, 0) is 6.61 Å². The first kappa shape index (κ1) is 12.4. The topological polar surface area (TPSA) is 49.7 Å². The number of benzene rings is 1. The summed E-state index contributed by atoms with van der Waals surface area (Å²) in [5.41, 5.74) is 0.781. The van der Waals surface area contributed by atoms with Crippen molar-refractivity contribution in [1.82, 2.24) is 0 Å². The second-order valence-corrected chi connectivity index (χ2v) is 4.63. The monoisotopic (exact) mass is 236 g/mol. The molecule has 1 fully saturated rings. The smallest absolute Gasteiger partial charge is 0.125 e. The van der Waals surface area contributed by atoms with Gasteiger partial charge in [-0.1, -0.05) is 31.0 Å². The van der Waals surface area contributed by atoms with Crippen molar-refractivity contribution in [3.63, 3.8) is 0 Å². The fourth-order valence-electron chi connectivity index (χ4n) is 2.30. The van der Waals surface area contributed by atoms with Gasteiger partial charge in [0.15, 0.2) is 0 Å². The van der Waals surface area contributed by atoms with Crippen molar-refractivity contribution in [2.24, 2.45) is 0 Å². The third-order valence-corrected chi connectivity index (χ3v) is 3.34. The first-order valence-electron chi connectivity index (χ1n) is 6.34. The Hall–Kier alpha value is -1.06. The molecule has 0 radical (unpaired) electrons. The van der Waals surface area contributed by atoms with E-state index in [0.29, 0.717) is 5.75 Å². The van der Waals surface area contributed by atoms with Crippen LogP contribution in [-0.4, -0.2) is 22.4 Å². The zero-order valence-corrected chi connectivity index (χ0v) is 10.0. The minimum absolute atomic E-state index is 0.0288. The van der Waals surface area contributed by atoms with Gasteiger partial charge in [-0.2, -0.15) is 0 Å². The fourth-order valence-corrected chi connectivity index (χ4v) is 2.30. The fraction of sp³-hybridized carbons (Fsp3) is 0.571. The molecule has 1 aliphatic carbocycles. The first-order chi connectivity index (χ1) is 8.31. The van der Waals surface area contributed by atoms with Crippen molar-refractivity contribution in [1.29, 1.82) is 0 Å². The SMILES string of the molecule is OCc1ccccc1OC1CCCCCC1O. The molecule has 0 amide bonds. The molecule has 3 heteroatoms. The van der Waals surface area contributed by atoms with E-state index in [9.17, 15) is 10.2 Å². The Morgan fingerprint density at radius 3 is 2.71 bits per heavy atom. The van der Waals surface area contributed by atoms with Crippen LogP contribution in [0.25, 0.3) is 0 Å². The summed E-state index contributed by atoms with van der Waals surface area (Å²) in [5, 5.41) is 19.2. The Kier molecular flexibility index (Phi) is 4.40. The van der Waals surface area contributed by atoms with E-state index in [0.717, 1.165) is 31.2 Å². The molecule has 0 heterocycles. The van der Waals surface area contributed by atoms with Crippen LogP contribution >= 0.6 is 0 Å². The van der Waals surface area contributed by atoms with E-state index >= 15 is 0 Å². The Labute approximate surface area is 102 Å². The third-order valence-electron chi connectivity index (χ3n) is 3.34. The maximum Gasteiger partial charge on any atom is 0.125 e. The summed E-state index contributed by atoms with van der Waals surface area (Å²) < 4.78 is 5.86. The van der Waals surface area contributed by atoms with Crippen LogP contribution in [0.2, 0.25) is 0 Å². The van der Waals surface area contributed by atoms with Crippen LogP contribution in [0.5, 0.6) is 5.75 Å². The number of hydrogen-bond donors (Lipinski definition) is 2. The molecule has 0 aliphatic heterocycles. The molecule has 1 saturated carbocycles. The van der Waals surface area contributed by atoms with Gasteiger partial charge in [-0.3, -0.25) is 0 Å². The van der Waals surface area contributed by atoms with Crippen LogP contribution < -0.4 is 4.74 Å². The second-order valence-electron chi connectivity index (χ2n) is 4.63. The van der Waals surface area contributed by atoms with Crippen molar-refractivity contribution in [2.45, 2.75) is 50.9 Å². The molecule has 2 atom stereocenters. The van der Waals surface area contributed by atoms with Gasteiger partial charge >= 0.3 is 0 Å². The van der Waals surface area contributed by atoms with Crippen LogP contribution in [0.15, 0.2) is 24.3 Å². The number of hydrogen-bond acceptors (Lipinski definition) is 3. The predicted molar refractivity (Wildman–Crippen MR) is 65.9 cm³/mol. The molecule has 0 bridgehead atoms. The molecule has 0 spiro atoms. The molecule has 0 aromatic heterocycles. The molecule has 1 aromatic carbocycles. The lowest BCUT2D eigenvalue weighted by atomic mass is 10.1. The van der Waals surface area contributed by atoms with Crippen LogP contribution in [0.4, 0.5) is 0 Å². The maximum atomic E-state index is 9.99. The van der Waals surface area contributed by atoms with Crippen molar-refractivity contribution >= 4 is 0 Å². The summed E-state index contributed by atoms with van der Waals surface area (Å²) in [6.07, 6.45) is 4.52. The van der Waals surface area contributed by atoms with Gasteiger partial charge in [0.25, 0.3) is 0 Å². The van der Waals surface area contributed by atoms with Gasteiger partial charge in [0.05, 0.1) is 12.7 Å². The van der Waals surface area contributed by atoms with Gasteiger partial charge in [0.1, 0.15) is 11.9 Å². The summed E-state index contributed by atoms with van der Waals surface area (Å²) in [6.45, 7) is -0.0288. The normalized spacial score (nSPS) is 25.3. The number of ether oxygens (including phenoxy) is 1. The predicted octanol–water partition coefficient (Wildman–Crippen LogP) is 2.25. The molecule has 0 saturated heterocycles. The Morgan fingerprint density at radius 1 is 1.12 bits per heavy atom. The van der Waals surface area contributed by atoms with Gasteiger partial charge in [0.2, 0.25) is 0 Å². The van der Waals surface area contributed by atoms with Crippen molar-refractivity contribution in [3.8, 4) is 5.75 Å². The Bertz CT molecular complexity index is 351. The number of rotatable bonds is 3. The van der Waals surface area contributed by atoms with Gasteiger partial charge in [0, 0.05) is 5.56 Å². The lowest BCUT2D eigenvalue weighted by Crippen LogP contribution is -2.30. The highest BCUT2D eigenvalue weighted by atomic mass is 16.5. The van der Waals surface area contributed by atoms with E-state index in [-0.39, 0.29) is 18.8 Å². The first-order valence-corrected chi connectivity index (χ1v) is 6.34. The molecule has 2 N–H and O–H groups in total. The van der Waals surface area contributed by atoms with E-state index in [4.69, 9.17) is 4.74 Å². The molecule has 17 heavy (non-hydrogen) atoms. The molecule has 1 aliphatic rings. The highest BCUT2D eigenvalue weighted by molar-refractivity contribution is 5.32. The number of aliphatic hydroxyl groups is 2. The average molecular weight is 236 g/mol. The van der Waals surface area contributed by atoms with Crippen molar-refractivity contribution in [2.75, 3.05) is 0 Å². The molecule has 94 valence electrons. The average Bonchev–Trinajstić information content (AvgIpc) is 2.56. The zero-order chi connectivity index (χ0) is 12.1. The molecule has 2 unspecified atom stereocenters. The second kappa shape index (κ2) is 6.03. The van der Waals surface area contributed by atoms with E-state index in [1.165, 1.54) is 6.42 Å². The lowest BCUT2D eigenvalue weighted by molar-refractivity contribution is 0.0307. The molecule has 2 rings (SSSR count).